The molecule has 2 aromatic rings. The van der Waals surface area contributed by atoms with Crippen molar-refractivity contribution in [3.63, 3.8) is 0 Å². The predicted molar refractivity (Wildman–Crippen MR) is 68.2 cm³/mol. The smallest absolute Gasteiger partial charge is 0.106 e. The molecule has 1 unspecified atom stereocenters. The van der Waals surface area contributed by atoms with Crippen molar-refractivity contribution in [1.29, 1.82) is 0 Å². The first-order valence-corrected chi connectivity index (χ1v) is 6.51. The lowest BCUT2D eigenvalue weighted by atomic mass is 9.98. The zero-order valence-electron chi connectivity index (χ0n) is 10.3. The molecule has 0 aliphatic heterocycles. The van der Waals surface area contributed by atoms with Gasteiger partial charge in [0, 0.05) is 17.2 Å². The molecular formula is C13H17NO2S. The summed E-state index contributed by atoms with van der Waals surface area (Å²) in [4.78, 5) is 4.49. The van der Waals surface area contributed by atoms with E-state index >= 15 is 0 Å². The maximum Gasteiger partial charge on any atom is 0.106 e. The number of furan rings is 1. The molecule has 0 aromatic carbocycles. The van der Waals surface area contributed by atoms with Crippen molar-refractivity contribution in [2.24, 2.45) is 0 Å². The van der Waals surface area contributed by atoms with E-state index in [1.165, 1.54) is 0 Å². The second-order valence-electron chi connectivity index (χ2n) is 5.13. The number of rotatable bonds is 3. The molecule has 0 aliphatic carbocycles. The second kappa shape index (κ2) is 4.63. The van der Waals surface area contributed by atoms with E-state index < -0.39 is 6.10 Å². The van der Waals surface area contributed by atoms with E-state index in [9.17, 15) is 5.11 Å². The molecule has 4 heteroatoms. The summed E-state index contributed by atoms with van der Waals surface area (Å²) >= 11 is 1.60. The molecule has 2 heterocycles. The summed E-state index contributed by atoms with van der Waals surface area (Å²) in [6.45, 7) is 6.36. The van der Waals surface area contributed by atoms with Crippen LogP contribution in [-0.2, 0) is 11.8 Å². The number of aliphatic hydroxyl groups excluding tert-OH is 1. The maximum absolute atomic E-state index is 10.1. The van der Waals surface area contributed by atoms with Gasteiger partial charge >= 0.3 is 0 Å². The molecule has 2 rings (SSSR count). The molecular weight excluding hydrogens is 234 g/mol. The fraction of sp³-hybridized carbons (Fsp3) is 0.462. The van der Waals surface area contributed by atoms with E-state index in [0.29, 0.717) is 6.42 Å². The summed E-state index contributed by atoms with van der Waals surface area (Å²) in [7, 11) is 0. The minimum absolute atomic E-state index is 0.0350. The largest absolute Gasteiger partial charge is 0.469 e. The predicted octanol–water partition coefficient (Wildman–Crippen LogP) is 3.31. The van der Waals surface area contributed by atoms with Crippen molar-refractivity contribution in [3.05, 3.63) is 40.2 Å². The lowest BCUT2D eigenvalue weighted by molar-refractivity contribution is 0.166. The topological polar surface area (TPSA) is 46.3 Å². The van der Waals surface area contributed by atoms with Crippen LogP contribution in [0.5, 0.6) is 0 Å². The van der Waals surface area contributed by atoms with E-state index in [0.717, 1.165) is 16.5 Å². The lowest BCUT2D eigenvalue weighted by Crippen LogP contribution is -2.11. The number of thiazole rings is 1. The summed E-state index contributed by atoms with van der Waals surface area (Å²) in [6, 6.07) is 3.68. The third-order valence-corrected chi connectivity index (χ3v) is 3.77. The van der Waals surface area contributed by atoms with Crippen molar-refractivity contribution in [2.45, 2.75) is 38.7 Å². The zero-order valence-corrected chi connectivity index (χ0v) is 11.1. The summed E-state index contributed by atoms with van der Waals surface area (Å²) in [5.41, 5.74) is 0.768. The first-order chi connectivity index (χ1) is 7.97. The molecule has 0 spiro atoms. The molecule has 0 saturated heterocycles. The van der Waals surface area contributed by atoms with Gasteiger partial charge in [0.1, 0.15) is 11.9 Å². The van der Waals surface area contributed by atoms with Crippen LogP contribution in [0, 0.1) is 0 Å². The van der Waals surface area contributed by atoms with Crippen molar-refractivity contribution >= 4 is 11.3 Å². The van der Waals surface area contributed by atoms with Gasteiger partial charge in [-0.3, -0.25) is 0 Å². The lowest BCUT2D eigenvalue weighted by Gasteiger charge is -2.14. The van der Waals surface area contributed by atoms with Crippen molar-refractivity contribution in [2.75, 3.05) is 0 Å². The Hall–Kier alpha value is -1.13. The van der Waals surface area contributed by atoms with Crippen LogP contribution in [0.2, 0.25) is 0 Å². The molecule has 0 bridgehead atoms. The van der Waals surface area contributed by atoms with Gasteiger partial charge in [0.15, 0.2) is 0 Å². The minimum atomic E-state index is -0.589. The molecule has 17 heavy (non-hydrogen) atoms. The van der Waals surface area contributed by atoms with Crippen molar-refractivity contribution in [1.82, 2.24) is 4.98 Å². The molecule has 0 radical (unpaired) electrons. The molecule has 0 aliphatic rings. The van der Waals surface area contributed by atoms with Crippen LogP contribution in [0.4, 0.5) is 0 Å². The molecule has 0 amide bonds. The number of hydrogen-bond acceptors (Lipinski definition) is 4. The minimum Gasteiger partial charge on any atom is -0.469 e. The van der Waals surface area contributed by atoms with Crippen LogP contribution in [0.3, 0.4) is 0 Å². The maximum atomic E-state index is 10.1. The van der Waals surface area contributed by atoms with Gasteiger partial charge in [-0.05, 0) is 12.1 Å². The quantitative estimate of drug-likeness (QED) is 0.910. The Morgan fingerprint density at radius 3 is 2.76 bits per heavy atom. The van der Waals surface area contributed by atoms with E-state index in [-0.39, 0.29) is 5.41 Å². The van der Waals surface area contributed by atoms with Gasteiger partial charge in [0.25, 0.3) is 0 Å². The molecule has 92 valence electrons. The monoisotopic (exact) mass is 251 g/mol. The summed E-state index contributed by atoms with van der Waals surface area (Å²) < 4.78 is 5.22. The Morgan fingerprint density at radius 2 is 2.24 bits per heavy atom. The van der Waals surface area contributed by atoms with Gasteiger partial charge in [-0.15, -0.1) is 11.3 Å². The molecule has 1 N–H and O–H groups in total. The third-order valence-electron chi connectivity index (χ3n) is 2.48. The van der Waals surface area contributed by atoms with Gasteiger partial charge in [-0.1, -0.05) is 20.8 Å². The number of hydrogen-bond donors (Lipinski definition) is 1. The molecule has 0 saturated carbocycles. The highest BCUT2D eigenvalue weighted by atomic mass is 32.1. The van der Waals surface area contributed by atoms with E-state index in [4.69, 9.17) is 4.42 Å². The standard InChI is InChI=1S/C13H17NO2S/c1-13(2,3)12-14-10(8-17-12)11(15)7-9-5-4-6-16-9/h4-6,8,11,15H,7H2,1-3H3. The average Bonchev–Trinajstić information content (AvgIpc) is 2.85. The number of aromatic nitrogens is 1. The van der Waals surface area contributed by atoms with Crippen LogP contribution in [0.1, 0.15) is 43.3 Å². The SMILES string of the molecule is CC(C)(C)c1nc(C(O)Cc2ccco2)cs1. The normalized spacial score (nSPS) is 13.9. The average molecular weight is 251 g/mol. The van der Waals surface area contributed by atoms with Crippen molar-refractivity contribution < 1.29 is 9.52 Å². The summed E-state index contributed by atoms with van der Waals surface area (Å²) in [5, 5.41) is 13.0. The fourth-order valence-electron chi connectivity index (χ4n) is 1.51. The summed E-state index contributed by atoms with van der Waals surface area (Å²) in [5.74, 6) is 0.780. The highest BCUT2D eigenvalue weighted by Crippen LogP contribution is 2.28. The Balaban J connectivity index is 2.10. The molecule has 3 nitrogen and oxygen atoms in total. The van der Waals surface area contributed by atoms with Crippen LogP contribution in [0.15, 0.2) is 28.2 Å². The van der Waals surface area contributed by atoms with Gasteiger partial charge in [-0.25, -0.2) is 4.98 Å². The number of aliphatic hydroxyl groups is 1. The van der Waals surface area contributed by atoms with E-state index in [1.807, 2.05) is 17.5 Å². The van der Waals surface area contributed by atoms with Crippen LogP contribution in [-0.4, -0.2) is 10.1 Å². The Bertz CT molecular complexity index is 468. The second-order valence-corrected chi connectivity index (χ2v) is 5.98. The van der Waals surface area contributed by atoms with Gasteiger partial charge < -0.3 is 9.52 Å². The van der Waals surface area contributed by atoms with E-state index in [2.05, 4.69) is 25.8 Å². The first-order valence-electron chi connectivity index (χ1n) is 5.63. The van der Waals surface area contributed by atoms with Gasteiger partial charge in [0.2, 0.25) is 0 Å². The Kier molecular flexibility index (Phi) is 3.35. The molecule has 2 aromatic heterocycles. The van der Waals surface area contributed by atoms with Crippen LogP contribution < -0.4 is 0 Å². The fourth-order valence-corrected chi connectivity index (χ4v) is 2.46. The first kappa shape index (κ1) is 12.3. The van der Waals surface area contributed by atoms with Crippen LogP contribution >= 0.6 is 11.3 Å². The van der Waals surface area contributed by atoms with Gasteiger partial charge in [-0.2, -0.15) is 0 Å². The highest BCUT2D eigenvalue weighted by molar-refractivity contribution is 7.09. The van der Waals surface area contributed by atoms with Crippen LogP contribution in [0.25, 0.3) is 0 Å². The number of nitrogens with zero attached hydrogens (tertiary/aromatic N) is 1. The zero-order chi connectivity index (χ0) is 12.5. The Morgan fingerprint density at radius 1 is 1.47 bits per heavy atom. The molecule has 0 fully saturated rings. The Labute approximate surface area is 105 Å². The van der Waals surface area contributed by atoms with Crippen molar-refractivity contribution in [3.8, 4) is 0 Å². The van der Waals surface area contributed by atoms with Gasteiger partial charge in [0.05, 0.1) is 17.0 Å². The molecule has 1 atom stereocenters. The summed E-state index contributed by atoms with van der Waals surface area (Å²) in [6.07, 6.45) is 1.50. The highest BCUT2D eigenvalue weighted by Gasteiger charge is 2.21. The van der Waals surface area contributed by atoms with E-state index in [1.54, 1.807) is 17.6 Å². The third kappa shape index (κ3) is 2.96.